The average Bonchev–Trinajstić information content (AvgIpc) is 2.59. The first-order valence-corrected chi connectivity index (χ1v) is 5.00. The van der Waals surface area contributed by atoms with Gasteiger partial charge in [-0.15, -0.1) is 0 Å². The minimum absolute atomic E-state index is 0.0881. The highest BCUT2D eigenvalue weighted by molar-refractivity contribution is 5.82. The van der Waals surface area contributed by atoms with Crippen LogP contribution in [0.25, 0.3) is 10.9 Å². The molecule has 0 radical (unpaired) electrons. The number of hydrogen-bond donors (Lipinski definition) is 1. The van der Waals surface area contributed by atoms with Crippen molar-refractivity contribution in [3.8, 4) is 0 Å². The Hall–Kier alpha value is -1.77. The van der Waals surface area contributed by atoms with Crippen LogP contribution in [-0.4, -0.2) is 15.6 Å². The SMILES string of the molecule is CCn1ccc2ccc(CC(=O)O)cc21. The van der Waals surface area contributed by atoms with E-state index < -0.39 is 5.97 Å². The molecule has 0 atom stereocenters. The van der Waals surface area contributed by atoms with Gasteiger partial charge in [-0.1, -0.05) is 12.1 Å². The summed E-state index contributed by atoms with van der Waals surface area (Å²) in [6.45, 7) is 2.98. The van der Waals surface area contributed by atoms with E-state index in [1.165, 1.54) is 0 Å². The molecule has 0 aliphatic heterocycles. The van der Waals surface area contributed by atoms with Gasteiger partial charge < -0.3 is 9.67 Å². The van der Waals surface area contributed by atoms with Crippen LogP contribution in [0.1, 0.15) is 12.5 Å². The second kappa shape index (κ2) is 3.77. The van der Waals surface area contributed by atoms with Crippen molar-refractivity contribution in [1.29, 1.82) is 0 Å². The molecule has 0 aliphatic carbocycles. The lowest BCUT2D eigenvalue weighted by molar-refractivity contribution is -0.136. The van der Waals surface area contributed by atoms with Gasteiger partial charge in [0.25, 0.3) is 0 Å². The molecule has 0 aliphatic rings. The molecule has 0 spiro atoms. The number of aliphatic carboxylic acids is 1. The van der Waals surface area contributed by atoms with Crippen LogP contribution in [0.3, 0.4) is 0 Å². The average molecular weight is 203 g/mol. The van der Waals surface area contributed by atoms with Gasteiger partial charge >= 0.3 is 5.97 Å². The summed E-state index contributed by atoms with van der Waals surface area (Å²) in [5, 5.41) is 9.87. The molecule has 15 heavy (non-hydrogen) atoms. The Morgan fingerprint density at radius 2 is 2.20 bits per heavy atom. The van der Waals surface area contributed by atoms with E-state index in [4.69, 9.17) is 5.11 Å². The first-order chi connectivity index (χ1) is 7.20. The van der Waals surface area contributed by atoms with Crippen LogP contribution in [0.15, 0.2) is 30.5 Å². The van der Waals surface area contributed by atoms with Crippen LogP contribution < -0.4 is 0 Å². The molecule has 1 heterocycles. The molecule has 0 saturated carbocycles. The lowest BCUT2D eigenvalue weighted by atomic mass is 10.1. The molecule has 2 rings (SSSR count). The van der Waals surface area contributed by atoms with E-state index in [0.29, 0.717) is 0 Å². The number of rotatable bonds is 3. The fourth-order valence-electron chi connectivity index (χ4n) is 1.79. The van der Waals surface area contributed by atoms with E-state index in [1.54, 1.807) is 0 Å². The summed E-state index contributed by atoms with van der Waals surface area (Å²) < 4.78 is 2.11. The summed E-state index contributed by atoms with van der Waals surface area (Å²) in [6, 6.07) is 7.84. The van der Waals surface area contributed by atoms with Gasteiger partial charge in [0.05, 0.1) is 6.42 Å². The zero-order valence-corrected chi connectivity index (χ0v) is 8.60. The van der Waals surface area contributed by atoms with Crippen molar-refractivity contribution < 1.29 is 9.90 Å². The lowest BCUT2D eigenvalue weighted by Crippen LogP contribution is -2.00. The van der Waals surface area contributed by atoms with Gasteiger partial charge in [-0.25, -0.2) is 0 Å². The Morgan fingerprint density at radius 1 is 1.40 bits per heavy atom. The molecule has 0 saturated heterocycles. The van der Waals surface area contributed by atoms with Gasteiger partial charge in [0.2, 0.25) is 0 Å². The van der Waals surface area contributed by atoms with E-state index in [9.17, 15) is 4.79 Å². The molecule has 0 fully saturated rings. The van der Waals surface area contributed by atoms with Gasteiger partial charge in [0.15, 0.2) is 0 Å². The number of fused-ring (bicyclic) bond motifs is 1. The summed E-state index contributed by atoms with van der Waals surface area (Å²) >= 11 is 0. The van der Waals surface area contributed by atoms with Crippen LogP contribution >= 0.6 is 0 Å². The van der Waals surface area contributed by atoms with Crippen LogP contribution in [-0.2, 0) is 17.8 Å². The number of carboxylic acids is 1. The quantitative estimate of drug-likeness (QED) is 0.831. The third-order valence-corrected chi connectivity index (χ3v) is 2.53. The third-order valence-electron chi connectivity index (χ3n) is 2.53. The van der Waals surface area contributed by atoms with Gasteiger partial charge in [-0.3, -0.25) is 4.79 Å². The smallest absolute Gasteiger partial charge is 0.307 e. The lowest BCUT2D eigenvalue weighted by Gasteiger charge is -2.02. The largest absolute Gasteiger partial charge is 0.481 e. The van der Waals surface area contributed by atoms with Crippen LogP contribution in [0, 0.1) is 0 Å². The minimum Gasteiger partial charge on any atom is -0.481 e. The molecule has 0 unspecified atom stereocenters. The fraction of sp³-hybridized carbons (Fsp3) is 0.250. The van der Waals surface area contributed by atoms with Crippen molar-refractivity contribution in [3.05, 3.63) is 36.0 Å². The van der Waals surface area contributed by atoms with Gasteiger partial charge in [0, 0.05) is 18.3 Å². The van der Waals surface area contributed by atoms with Crippen molar-refractivity contribution in [2.24, 2.45) is 0 Å². The summed E-state index contributed by atoms with van der Waals surface area (Å²) in [5.74, 6) is -0.788. The standard InChI is InChI=1S/C12H13NO2/c1-2-13-6-5-10-4-3-9(7-11(10)13)8-12(14)15/h3-7H,2,8H2,1H3,(H,14,15). The number of aromatic nitrogens is 1. The van der Waals surface area contributed by atoms with E-state index in [2.05, 4.69) is 11.5 Å². The highest BCUT2D eigenvalue weighted by atomic mass is 16.4. The molecular formula is C12H13NO2. The van der Waals surface area contributed by atoms with E-state index in [0.717, 1.165) is 23.0 Å². The molecule has 78 valence electrons. The maximum absolute atomic E-state index is 10.6. The van der Waals surface area contributed by atoms with Gasteiger partial charge in [0.1, 0.15) is 0 Å². The Balaban J connectivity index is 2.47. The van der Waals surface area contributed by atoms with Crippen LogP contribution in [0.2, 0.25) is 0 Å². The molecule has 0 bridgehead atoms. The van der Waals surface area contributed by atoms with Crippen molar-refractivity contribution in [3.63, 3.8) is 0 Å². The highest BCUT2D eigenvalue weighted by Crippen LogP contribution is 2.17. The molecule has 3 nitrogen and oxygen atoms in total. The summed E-state index contributed by atoms with van der Waals surface area (Å²) in [6.07, 6.45) is 2.11. The summed E-state index contributed by atoms with van der Waals surface area (Å²) in [4.78, 5) is 10.6. The number of hydrogen-bond acceptors (Lipinski definition) is 1. The summed E-state index contributed by atoms with van der Waals surface area (Å²) in [7, 11) is 0. The van der Waals surface area contributed by atoms with Crippen molar-refractivity contribution in [2.45, 2.75) is 19.9 Å². The molecule has 0 amide bonds. The Labute approximate surface area is 87.9 Å². The summed E-state index contributed by atoms with van der Waals surface area (Å²) in [5.41, 5.74) is 1.96. The Morgan fingerprint density at radius 3 is 2.87 bits per heavy atom. The molecule has 3 heteroatoms. The normalized spacial score (nSPS) is 10.7. The third kappa shape index (κ3) is 1.86. The number of carboxylic acid groups (broad SMARTS) is 1. The molecule has 2 aromatic rings. The predicted molar refractivity (Wildman–Crippen MR) is 59.0 cm³/mol. The second-order valence-electron chi connectivity index (χ2n) is 3.57. The zero-order valence-electron chi connectivity index (χ0n) is 8.60. The van der Waals surface area contributed by atoms with Crippen LogP contribution in [0.4, 0.5) is 0 Å². The Bertz CT molecular complexity index is 499. The van der Waals surface area contributed by atoms with Gasteiger partial charge in [-0.2, -0.15) is 0 Å². The molecular weight excluding hydrogens is 190 g/mol. The highest BCUT2D eigenvalue weighted by Gasteiger charge is 2.04. The van der Waals surface area contributed by atoms with E-state index in [1.807, 2.05) is 30.5 Å². The number of nitrogens with zero attached hydrogens (tertiary/aromatic N) is 1. The topological polar surface area (TPSA) is 42.2 Å². The fourth-order valence-corrected chi connectivity index (χ4v) is 1.79. The Kier molecular flexibility index (Phi) is 2.46. The van der Waals surface area contributed by atoms with E-state index >= 15 is 0 Å². The first kappa shape index (κ1) is 9.77. The van der Waals surface area contributed by atoms with Gasteiger partial charge in [-0.05, 0) is 30.0 Å². The second-order valence-corrected chi connectivity index (χ2v) is 3.57. The van der Waals surface area contributed by atoms with Crippen molar-refractivity contribution in [2.75, 3.05) is 0 Å². The molecule has 1 N–H and O–H groups in total. The van der Waals surface area contributed by atoms with Crippen molar-refractivity contribution >= 4 is 16.9 Å². The minimum atomic E-state index is -0.788. The molecule has 1 aromatic heterocycles. The molecule has 1 aromatic carbocycles. The first-order valence-electron chi connectivity index (χ1n) is 5.00. The number of aryl methyl sites for hydroxylation is 1. The number of carbonyl (C=O) groups is 1. The van der Waals surface area contributed by atoms with Crippen LogP contribution in [0.5, 0.6) is 0 Å². The number of benzene rings is 1. The monoisotopic (exact) mass is 203 g/mol. The van der Waals surface area contributed by atoms with Crippen molar-refractivity contribution in [1.82, 2.24) is 4.57 Å². The van der Waals surface area contributed by atoms with E-state index in [-0.39, 0.29) is 6.42 Å². The predicted octanol–water partition coefficient (Wildman–Crippen LogP) is 2.29. The zero-order chi connectivity index (χ0) is 10.8. The maximum atomic E-state index is 10.6. The maximum Gasteiger partial charge on any atom is 0.307 e.